The molecule has 2 aliphatic rings. The number of hydrogen-bond donors (Lipinski definition) is 2. The van der Waals surface area contributed by atoms with Crippen LogP contribution in [-0.2, 0) is 11.3 Å². The molecule has 6 nitrogen and oxygen atoms in total. The van der Waals surface area contributed by atoms with Gasteiger partial charge in [-0.15, -0.1) is 0 Å². The number of ether oxygens (including phenoxy) is 1. The lowest BCUT2D eigenvalue weighted by Crippen LogP contribution is -3.10. The molecule has 0 bridgehead atoms. The molecule has 0 spiro atoms. The van der Waals surface area contributed by atoms with E-state index in [0.29, 0.717) is 24.4 Å². The van der Waals surface area contributed by atoms with E-state index in [4.69, 9.17) is 4.74 Å². The third-order valence-corrected chi connectivity index (χ3v) is 5.66. The largest absolute Gasteiger partial charge is 0.482 e. The van der Waals surface area contributed by atoms with Crippen molar-refractivity contribution in [3.8, 4) is 5.75 Å². The van der Waals surface area contributed by atoms with Crippen LogP contribution < -0.4 is 19.9 Å². The van der Waals surface area contributed by atoms with Crippen LogP contribution in [0.4, 0.5) is 5.69 Å². The number of amides is 2. The van der Waals surface area contributed by atoms with Gasteiger partial charge in [-0.05, 0) is 42.3 Å². The summed E-state index contributed by atoms with van der Waals surface area (Å²) < 4.78 is 5.55. The van der Waals surface area contributed by atoms with Crippen LogP contribution >= 0.6 is 0 Å². The topological polar surface area (TPSA) is 63.1 Å². The summed E-state index contributed by atoms with van der Waals surface area (Å²) in [6, 6.07) is 13.3. The Kier molecular flexibility index (Phi) is 5.81. The van der Waals surface area contributed by atoms with Gasteiger partial charge in [-0.25, -0.2) is 0 Å². The number of likely N-dealkylation sites (tertiary alicyclic amines) is 1. The normalized spacial score (nSPS) is 16.4. The molecule has 2 N–H and O–H groups in total. The smallest absolute Gasteiger partial charge is 0.265 e. The Hall–Kier alpha value is -2.86. The van der Waals surface area contributed by atoms with Gasteiger partial charge in [0.15, 0.2) is 6.61 Å². The lowest BCUT2D eigenvalue weighted by atomic mass is 10.1. The second-order valence-electron chi connectivity index (χ2n) is 7.90. The van der Waals surface area contributed by atoms with Gasteiger partial charge in [-0.2, -0.15) is 0 Å². The highest BCUT2D eigenvalue weighted by molar-refractivity contribution is 5.98. The fourth-order valence-electron chi connectivity index (χ4n) is 4.06. The van der Waals surface area contributed by atoms with E-state index < -0.39 is 0 Å². The summed E-state index contributed by atoms with van der Waals surface area (Å²) in [6.07, 6.45) is 2.57. The maximum absolute atomic E-state index is 12.5. The number of fused-ring (bicyclic) bond motifs is 1. The summed E-state index contributed by atoms with van der Waals surface area (Å²) in [5.41, 5.74) is 3.40. The monoisotopic (exact) mass is 394 g/mol. The first-order valence-electron chi connectivity index (χ1n) is 10.3. The van der Waals surface area contributed by atoms with Crippen molar-refractivity contribution in [3.05, 3.63) is 59.2 Å². The van der Waals surface area contributed by atoms with E-state index in [1.54, 1.807) is 9.80 Å². The standard InChI is InChI=1S/C23H27N3O3/c1-17-7-8-21-20(13-17)26(22(27)16-29-21)15-18-5-4-6-19(14-18)23(28)24-9-12-25-10-2-3-11-25/h4-8,13-14H,2-3,9-12,15-16H2,1H3,(H,24,28)/p+1. The molecular formula is C23H28N3O3+. The molecule has 1 saturated heterocycles. The zero-order valence-electron chi connectivity index (χ0n) is 16.9. The van der Waals surface area contributed by atoms with E-state index in [-0.39, 0.29) is 18.4 Å². The van der Waals surface area contributed by atoms with Crippen molar-refractivity contribution in [2.75, 3.05) is 37.7 Å². The summed E-state index contributed by atoms with van der Waals surface area (Å²) in [5, 5.41) is 3.03. The Bertz CT molecular complexity index is 906. The maximum atomic E-state index is 12.5. The first kappa shape index (κ1) is 19.5. The lowest BCUT2D eigenvalue weighted by molar-refractivity contribution is -0.886. The van der Waals surface area contributed by atoms with Gasteiger partial charge in [-0.3, -0.25) is 9.59 Å². The van der Waals surface area contributed by atoms with Crippen LogP contribution in [0.1, 0.15) is 34.3 Å². The number of quaternary nitrogens is 1. The van der Waals surface area contributed by atoms with Gasteiger partial charge >= 0.3 is 0 Å². The molecule has 2 amide bonds. The van der Waals surface area contributed by atoms with Gasteiger partial charge in [-0.1, -0.05) is 18.2 Å². The van der Waals surface area contributed by atoms with Crippen LogP contribution in [0, 0.1) is 6.92 Å². The molecule has 0 aliphatic carbocycles. The number of nitrogens with one attached hydrogen (secondary N) is 2. The molecule has 2 aromatic carbocycles. The van der Waals surface area contributed by atoms with E-state index in [1.807, 2.05) is 49.4 Å². The minimum Gasteiger partial charge on any atom is -0.482 e. The Morgan fingerprint density at radius 3 is 2.83 bits per heavy atom. The van der Waals surface area contributed by atoms with E-state index in [0.717, 1.165) is 23.4 Å². The second kappa shape index (κ2) is 8.66. The first-order valence-corrected chi connectivity index (χ1v) is 10.3. The molecule has 2 aromatic rings. The Balaban J connectivity index is 1.43. The number of hydrogen-bond acceptors (Lipinski definition) is 3. The Labute approximate surface area is 171 Å². The first-order chi connectivity index (χ1) is 14.1. The predicted molar refractivity (Wildman–Crippen MR) is 111 cm³/mol. The fourth-order valence-corrected chi connectivity index (χ4v) is 4.06. The minimum absolute atomic E-state index is 0.0368. The van der Waals surface area contributed by atoms with Gasteiger partial charge in [0, 0.05) is 18.4 Å². The van der Waals surface area contributed by atoms with Crippen molar-refractivity contribution < 1.29 is 19.2 Å². The molecule has 0 radical (unpaired) electrons. The van der Waals surface area contributed by atoms with Crippen molar-refractivity contribution in [2.45, 2.75) is 26.3 Å². The second-order valence-corrected chi connectivity index (χ2v) is 7.90. The van der Waals surface area contributed by atoms with Crippen LogP contribution in [0.3, 0.4) is 0 Å². The number of anilines is 1. The van der Waals surface area contributed by atoms with Crippen LogP contribution in [0.25, 0.3) is 0 Å². The van der Waals surface area contributed by atoms with Crippen molar-refractivity contribution in [3.63, 3.8) is 0 Å². The third kappa shape index (κ3) is 4.59. The number of rotatable bonds is 6. The molecule has 29 heavy (non-hydrogen) atoms. The van der Waals surface area contributed by atoms with Crippen LogP contribution in [0.5, 0.6) is 5.75 Å². The third-order valence-electron chi connectivity index (χ3n) is 5.66. The van der Waals surface area contributed by atoms with Gasteiger partial charge in [0.05, 0.1) is 38.4 Å². The fraction of sp³-hybridized carbons (Fsp3) is 0.391. The molecule has 1 fully saturated rings. The Morgan fingerprint density at radius 1 is 1.17 bits per heavy atom. The summed E-state index contributed by atoms with van der Waals surface area (Å²) in [7, 11) is 0. The highest BCUT2D eigenvalue weighted by atomic mass is 16.5. The molecule has 0 saturated carbocycles. The lowest BCUT2D eigenvalue weighted by Gasteiger charge is -2.29. The minimum atomic E-state index is -0.0773. The average Bonchev–Trinajstić information content (AvgIpc) is 3.24. The van der Waals surface area contributed by atoms with E-state index in [2.05, 4.69) is 5.32 Å². The molecule has 152 valence electrons. The molecule has 2 aliphatic heterocycles. The van der Waals surface area contributed by atoms with Crippen molar-refractivity contribution in [1.82, 2.24) is 5.32 Å². The molecule has 0 atom stereocenters. The quantitative estimate of drug-likeness (QED) is 0.777. The van der Waals surface area contributed by atoms with Gasteiger partial charge in [0.1, 0.15) is 5.75 Å². The van der Waals surface area contributed by atoms with E-state index >= 15 is 0 Å². The predicted octanol–water partition coefficient (Wildman–Crippen LogP) is 1.33. The number of aryl methyl sites for hydroxylation is 1. The summed E-state index contributed by atoms with van der Waals surface area (Å²) in [4.78, 5) is 28.3. The van der Waals surface area contributed by atoms with Crippen LogP contribution in [-0.4, -0.2) is 44.6 Å². The SMILES string of the molecule is Cc1ccc2c(c1)N(Cc1cccc(C(=O)NCC[NH+]3CCCC3)c1)C(=O)CO2. The van der Waals surface area contributed by atoms with E-state index in [1.165, 1.54) is 25.9 Å². The zero-order valence-corrected chi connectivity index (χ0v) is 16.9. The number of nitrogens with zero attached hydrogens (tertiary/aromatic N) is 1. The van der Waals surface area contributed by atoms with Crippen molar-refractivity contribution in [1.29, 1.82) is 0 Å². The summed E-state index contributed by atoms with van der Waals surface area (Å²) in [6.45, 7) is 6.52. The number of carbonyl (C=O) groups is 2. The molecule has 4 rings (SSSR count). The Morgan fingerprint density at radius 2 is 2.00 bits per heavy atom. The zero-order chi connectivity index (χ0) is 20.2. The van der Waals surface area contributed by atoms with Crippen molar-refractivity contribution >= 4 is 17.5 Å². The number of carbonyl (C=O) groups excluding carboxylic acids is 2. The highest BCUT2D eigenvalue weighted by Crippen LogP contribution is 2.33. The maximum Gasteiger partial charge on any atom is 0.265 e. The van der Waals surface area contributed by atoms with E-state index in [9.17, 15) is 9.59 Å². The van der Waals surface area contributed by atoms with Crippen LogP contribution in [0.2, 0.25) is 0 Å². The summed E-state index contributed by atoms with van der Waals surface area (Å²) >= 11 is 0. The molecule has 0 unspecified atom stereocenters. The van der Waals surface area contributed by atoms with Crippen molar-refractivity contribution in [2.24, 2.45) is 0 Å². The number of benzene rings is 2. The molecule has 6 heteroatoms. The summed E-state index contributed by atoms with van der Waals surface area (Å²) in [5.74, 6) is 0.579. The van der Waals surface area contributed by atoms with Gasteiger partial charge in [0.2, 0.25) is 0 Å². The van der Waals surface area contributed by atoms with Crippen LogP contribution in [0.15, 0.2) is 42.5 Å². The molecule has 0 aromatic heterocycles. The highest BCUT2D eigenvalue weighted by Gasteiger charge is 2.26. The van der Waals surface area contributed by atoms with Gasteiger partial charge in [0.25, 0.3) is 11.8 Å². The van der Waals surface area contributed by atoms with Gasteiger partial charge < -0.3 is 19.9 Å². The average molecular weight is 394 g/mol. The molecule has 2 heterocycles. The molecular weight excluding hydrogens is 366 g/mol.